The molecular weight excluding hydrogens is 268 g/mol. The van der Waals surface area contributed by atoms with E-state index >= 15 is 0 Å². The largest absolute Gasteiger partial charge is 0.335 e. The molecule has 0 bridgehead atoms. The molecule has 0 aliphatic heterocycles. The van der Waals surface area contributed by atoms with E-state index in [1.54, 1.807) is 6.92 Å². The van der Waals surface area contributed by atoms with E-state index in [4.69, 9.17) is 0 Å². The SMILES string of the molecule is CCCCCCCC1=CC=C(CCC)C(F)(F)C1(F)F. The first-order valence-corrected chi connectivity index (χ1v) is 7.54. The molecule has 116 valence electrons. The molecule has 1 aliphatic rings. The Morgan fingerprint density at radius 2 is 1.20 bits per heavy atom. The summed E-state index contributed by atoms with van der Waals surface area (Å²) in [7, 11) is 0. The van der Waals surface area contributed by atoms with Crippen LogP contribution < -0.4 is 0 Å². The summed E-state index contributed by atoms with van der Waals surface area (Å²) in [6.45, 7) is 3.78. The molecule has 1 rings (SSSR count). The van der Waals surface area contributed by atoms with Crippen LogP contribution >= 0.6 is 0 Å². The Kier molecular flexibility index (Phi) is 6.28. The number of hydrogen-bond donors (Lipinski definition) is 0. The fourth-order valence-electron chi connectivity index (χ4n) is 2.48. The van der Waals surface area contributed by atoms with E-state index in [0.717, 1.165) is 25.7 Å². The van der Waals surface area contributed by atoms with E-state index in [1.165, 1.54) is 12.2 Å². The summed E-state index contributed by atoms with van der Waals surface area (Å²) in [4.78, 5) is 0. The maximum absolute atomic E-state index is 13.9. The van der Waals surface area contributed by atoms with Gasteiger partial charge in [-0.25, -0.2) is 0 Å². The maximum Gasteiger partial charge on any atom is 0.335 e. The second kappa shape index (κ2) is 7.28. The number of hydrogen-bond acceptors (Lipinski definition) is 0. The van der Waals surface area contributed by atoms with Crippen molar-refractivity contribution >= 4 is 0 Å². The van der Waals surface area contributed by atoms with Gasteiger partial charge in [-0.3, -0.25) is 0 Å². The van der Waals surface area contributed by atoms with Gasteiger partial charge in [-0.1, -0.05) is 58.1 Å². The number of unbranched alkanes of at least 4 members (excludes halogenated alkanes) is 4. The molecule has 0 radical (unpaired) electrons. The molecule has 0 N–H and O–H groups in total. The molecule has 0 heterocycles. The Hall–Kier alpha value is -0.800. The molecule has 4 heteroatoms. The predicted molar refractivity (Wildman–Crippen MR) is 74.3 cm³/mol. The average molecular weight is 292 g/mol. The lowest BCUT2D eigenvalue weighted by molar-refractivity contribution is -0.166. The molecule has 0 saturated carbocycles. The highest BCUT2D eigenvalue weighted by Crippen LogP contribution is 2.49. The van der Waals surface area contributed by atoms with E-state index in [9.17, 15) is 17.6 Å². The van der Waals surface area contributed by atoms with E-state index < -0.39 is 23.0 Å². The van der Waals surface area contributed by atoms with Crippen molar-refractivity contribution < 1.29 is 17.6 Å². The molecule has 0 spiro atoms. The molecule has 0 amide bonds. The quantitative estimate of drug-likeness (QED) is 0.364. The van der Waals surface area contributed by atoms with E-state index in [-0.39, 0.29) is 12.8 Å². The van der Waals surface area contributed by atoms with Crippen molar-refractivity contribution in [2.24, 2.45) is 0 Å². The summed E-state index contributed by atoms with van der Waals surface area (Å²) in [5.41, 5.74) is -0.862. The number of alkyl halides is 4. The first-order valence-electron chi connectivity index (χ1n) is 7.54. The first-order chi connectivity index (χ1) is 9.37. The van der Waals surface area contributed by atoms with Gasteiger partial charge in [0.25, 0.3) is 0 Å². The molecular formula is C16H24F4. The second-order valence-corrected chi connectivity index (χ2v) is 5.45. The molecule has 0 aromatic carbocycles. The summed E-state index contributed by atoms with van der Waals surface area (Å²) in [6, 6.07) is 0. The maximum atomic E-state index is 13.9. The number of halogens is 4. The van der Waals surface area contributed by atoms with Crippen molar-refractivity contribution in [3.8, 4) is 0 Å². The molecule has 1 aliphatic carbocycles. The Morgan fingerprint density at radius 1 is 0.700 bits per heavy atom. The van der Waals surface area contributed by atoms with Crippen LogP contribution in [0.3, 0.4) is 0 Å². The first kappa shape index (κ1) is 17.3. The minimum Gasteiger partial charge on any atom is -0.194 e. The van der Waals surface area contributed by atoms with Gasteiger partial charge in [0, 0.05) is 11.1 Å². The fourth-order valence-corrected chi connectivity index (χ4v) is 2.48. The topological polar surface area (TPSA) is 0 Å². The second-order valence-electron chi connectivity index (χ2n) is 5.45. The zero-order chi connectivity index (χ0) is 15.2. The molecule has 0 fully saturated rings. The molecule has 0 nitrogen and oxygen atoms in total. The molecule has 0 saturated heterocycles. The van der Waals surface area contributed by atoms with Crippen LogP contribution in [0.4, 0.5) is 17.6 Å². The third kappa shape index (κ3) is 3.64. The van der Waals surface area contributed by atoms with Gasteiger partial charge in [0.15, 0.2) is 0 Å². The highest BCUT2D eigenvalue weighted by molar-refractivity contribution is 5.37. The zero-order valence-corrected chi connectivity index (χ0v) is 12.3. The van der Waals surface area contributed by atoms with Crippen LogP contribution in [0.5, 0.6) is 0 Å². The van der Waals surface area contributed by atoms with Crippen LogP contribution in [-0.4, -0.2) is 11.8 Å². The van der Waals surface area contributed by atoms with Gasteiger partial charge < -0.3 is 0 Å². The van der Waals surface area contributed by atoms with Crippen molar-refractivity contribution in [3.63, 3.8) is 0 Å². The van der Waals surface area contributed by atoms with E-state index in [2.05, 4.69) is 6.92 Å². The van der Waals surface area contributed by atoms with Crippen LogP contribution in [0.25, 0.3) is 0 Å². The van der Waals surface area contributed by atoms with Crippen LogP contribution in [0, 0.1) is 0 Å². The Labute approximate surface area is 118 Å². The lowest BCUT2D eigenvalue weighted by Gasteiger charge is -2.33. The Morgan fingerprint density at radius 3 is 1.70 bits per heavy atom. The van der Waals surface area contributed by atoms with Gasteiger partial charge in [0.05, 0.1) is 0 Å². The third-order valence-corrected chi connectivity index (χ3v) is 3.76. The molecule has 0 aromatic heterocycles. The van der Waals surface area contributed by atoms with Crippen molar-refractivity contribution in [2.45, 2.75) is 77.1 Å². The van der Waals surface area contributed by atoms with E-state index in [1.807, 2.05) is 0 Å². The van der Waals surface area contributed by atoms with Gasteiger partial charge in [-0.15, -0.1) is 0 Å². The Bertz CT molecular complexity index is 367. The van der Waals surface area contributed by atoms with Gasteiger partial charge in [-0.2, -0.15) is 17.6 Å². The van der Waals surface area contributed by atoms with Crippen molar-refractivity contribution in [2.75, 3.05) is 0 Å². The lowest BCUT2D eigenvalue weighted by atomic mass is 9.86. The molecule has 20 heavy (non-hydrogen) atoms. The fraction of sp³-hybridized carbons (Fsp3) is 0.750. The monoisotopic (exact) mass is 292 g/mol. The zero-order valence-electron chi connectivity index (χ0n) is 12.3. The molecule has 0 atom stereocenters. The van der Waals surface area contributed by atoms with Gasteiger partial charge >= 0.3 is 11.8 Å². The predicted octanol–water partition coefficient (Wildman–Crippen LogP) is 6.28. The lowest BCUT2D eigenvalue weighted by Crippen LogP contribution is -2.45. The van der Waals surface area contributed by atoms with Crippen molar-refractivity contribution in [1.29, 1.82) is 0 Å². The number of allylic oxidation sites excluding steroid dienone is 4. The van der Waals surface area contributed by atoms with Crippen LogP contribution in [0.2, 0.25) is 0 Å². The smallest absolute Gasteiger partial charge is 0.194 e. The highest BCUT2D eigenvalue weighted by Gasteiger charge is 2.60. The third-order valence-electron chi connectivity index (χ3n) is 3.76. The molecule has 0 aromatic rings. The summed E-state index contributed by atoms with van der Waals surface area (Å²) in [5, 5.41) is 0. The average Bonchev–Trinajstić information content (AvgIpc) is 2.38. The van der Waals surface area contributed by atoms with Crippen LogP contribution in [0.1, 0.15) is 65.2 Å². The summed E-state index contributed by atoms with van der Waals surface area (Å²) >= 11 is 0. The van der Waals surface area contributed by atoms with Crippen LogP contribution in [0.15, 0.2) is 23.3 Å². The summed E-state index contributed by atoms with van der Waals surface area (Å²) < 4.78 is 55.6. The van der Waals surface area contributed by atoms with Gasteiger partial charge in [-0.05, 0) is 19.3 Å². The molecule has 0 unspecified atom stereocenters. The van der Waals surface area contributed by atoms with Gasteiger partial charge in [0.2, 0.25) is 0 Å². The minimum absolute atomic E-state index is 0.0167. The van der Waals surface area contributed by atoms with Crippen molar-refractivity contribution in [1.82, 2.24) is 0 Å². The summed E-state index contributed by atoms with van der Waals surface area (Å²) in [5.74, 6) is -8.06. The summed E-state index contributed by atoms with van der Waals surface area (Å²) in [6.07, 6.45) is 7.40. The highest BCUT2D eigenvalue weighted by atomic mass is 19.3. The number of rotatable bonds is 8. The van der Waals surface area contributed by atoms with Crippen LogP contribution in [-0.2, 0) is 0 Å². The Balaban J connectivity index is 2.70. The standard InChI is InChI=1S/C16H24F4/c1-3-5-6-7-8-10-14-12-11-13(9-4-2)15(17,18)16(14,19)20/h11-12H,3-10H2,1-2H3. The van der Waals surface area contributed by atoms with Crippen molar-refractivity contribution in [3.05, 3.63) is 23.3 Å². The van der Waals surface area contributed by atoms with Gasteiger partial charge in [0.1, 0.15) is 0 Å². The minimum atomic E-state index is -4.03. The normalized spacial score (nSPS) is 20.5. The van der Waals surface area contributed by atoms with E-state index in [0.29, 0.717) is 12.8 Å².